The molecule has 8 rings (SSSR count). The van der Waals surface area contributed by atoms with Crippen LogP contribution in [0.1, 0.15) is 102 Å². The molecule has 3 aliphatic rings. The fourth-order valence-corrected chi connectivity index (χ4v) is 8.36. The van der Waals surface area contributed by atoms with Crippen LogP contribution in [0.3, 0.4) is 0 Å². The van der Waals surface area contributed by atoms with Gasteiger partial charge in [-0.2, -0.15) is 11.6 Å². The summed E-state index contributed by atoms with van der Waals surface area (Å²) in [6, 6.07) is 24.8. The van der Waals surface area contributed by atoms with Crippen molar-refractivity contribution in [2.75, 3.05) is 0 Å². The van der Waals surface area contributed by atoms with Crippen LogP contribution in [0.15, 0.2) is 109 Å². The van der Waals surface area contributed by atoms with E-state index in [0.717, 1.165) is 20.8 Å². The summed E-state index contributed by atoms with van der Waals surface area (Å²) in [5.41, 5.74) is 12.6. The standard InChI is InChI=1S/C25H25.C13H8F2.C9H13.2ClH.Zr/c1-14-12-24(3,4)22-8-16-7-17-9-23-19(15(2)13-25(23,5)6)11-21(17)20(16)10-18(14)22;14-12-5-1-10(2-6-12)9-11-3-7-13(15)8-4-11;1-9(2,3)8-6-4-5-7-8;;;/h7-13H,1-6H3;1-8H;6-7H,4H2,1-3H3;2*1H;/q-1;;-1;;;+2/p-2. The second-order valence-corrected chi connectivity index (χ2v) is 17.3. The average molecular weight is 811 g/mol. The van der Waals surface area contributed by atoms with Crippen LogP contribution in [0, 0.1) is 23.1 Å². The van der Waals surface area contributed by atoms with Crippen molar-refractivity contribution in [2.45, 2.75) is 79.6 Å². The van der Waals surface area contributed by atoms with Crippen molar-refractivity contribution in [3.63, 3.8) is 0 Å². The molecule has 268 valence electrons. The fourth-order valence-electron chi connectivity index (χ4n) is 7.54. The maximum absolute atomic E-state index is 12.8. The van der Waals surface area contributed by atoms with Crippen molar-refractivity contribution in [3.8, 4) is 0 Å². The molecule has 0 spiro atoms. The minimum absolute atomic E-state index is 0. The van der Waals surface area contributed by atoms with Gasteiger partial charge in [0, 0.05) is 10.8 Å². The van der Waals surface area contributed by atoms with E-state index >= 15 is 0 Å². The molecule has 0 N–H and O–H groups in total. The molecule has 0 aromatic heterocycles. The van der Waals surface area contributed by atoms with Gasteiger partial charge in [0.2, 0.25) is 0 Å². The van der Waals surface area contributed by atoms with E-state index in [-0.39, 0.29) is 47.3 Å². The van der Waals surface area contributed by atoms with Gasteiger partial charge in [0.25, 0.3) is 0 Å². The second kappa shape index (κ2) is 15.7. The van der Waals surface area contributed by atoms with Crippen molar-refractivity contribution >= 4 is 35.9 Å². The van der Waals surface area contributed by atoms with E-state index in [1.165, 1.54) is 109 Å². The summed E-state index contributed by atoms with van der Waals surface area (Å²) in [5.74, 6) is -0.488. The smallest absolute Gasteiger partial charge is 1.00 e. The molecule has 0 saturated carbocycles. The molecule has 0 saturated heterocycles. The molecule has 52 heavy (non-hydrogen) atoms. The first-order valence-corrected chi connectivity index (χ1v) is 18.7. The minimum Gasteiger partial charge on any atom is -1.00 e. The van der Waals surface area contributed by atoms with Crippen molar-refractivity contribution in [1.82, 2.24) is 0 Å². The first kappa shape index (κ1) is 41.7. The Morgan fingerprint density at radius 1 is 0.692 bits per heavy atom. The molecule has 0 atom stereocenters. The molecule has 0 radical (unpaired) electrons. The number of halogens is 4. The molecule has 5 aromatic rings. The van der Waals surface area contributed by atoms with Crippen LogP contribution in [0.25, 0.3) is 32.7 Å². The van der Waals surface area contributed by atoms with Gasteiger partial charge in [0.05, 0.1) is 0 Å². The molecule has 5 aromatic carbocycles. The third-order valence-electron chi connectivity index (χ3n) is 10.2. The van der Waals surface area contributed by atoms with Crippen molar-refractivity contribution in [3.05, 3.63) is 160 Å². The zero-order valence-electron chi connectivity index (χ0n) is 31.5. The number of hydrogen-bond acceptors (Lipinski definition) is 0. The summed E-state index contributed by atoms with van der Waals surface area (Å²) in [6.07, 6.45) is 13.3. The zero-order valence-corrected chi connectivity index (χ0v) is 35.5. The van der Waals surface area contributed by atoms with E-state index in [1.807, 2.05) is 0 Å². The Labute approximate surface area is 336 Å². The Bertz CT molecular complexity index is 2110. The molecule has 0 heterocycles. The van der Waals surface area contributed by atoms with Gasteiger partial charge in [-0.3, -0.25) is 6.08 Å². The number of benzene rings is 4. The summed E-state index contributed by atoms with van der Waals surface area (Å²) in [5, 5.41) is 5.57. The van der Waals surface area contributed by atoms with E-state index in [0.29, 0.717) is 5.41 Å². The molecule has 0 fully saturated rings. The van der Waals surface area contributed by atoms with Crippen LogP contribution < -0.4 is 24.8 Å². The molecule has 0 amide bonds. The van der Waals surface area contributed by atoms with E-state index in [9.17, 15) is 8.78 Å². The maximum Gasteiger partial charge on any atom is -1.00 e. The quantitative estimate of drug-likeness (QED) is 0.170. The van der Waals surface area contributed by atoms with Gasteiger partial charge in [0.15, 0.2) is 0 Å². The van der Waals surface area contributed by atoms with Gasteiger partial charge in [0.1, 0.15) is 0 Å². The molecule has 0 bridgehead atoms. The van der Waals surface area contributed by atoms with Crippen LogP contribution in [0.2, 0.25) is 0 Å². The topological polar surface area (TPSA) is 0 Å². The van der Waals surface area contributed by atoms with E-state index in [2.05, 4.69) is 123 Å². The number of fused-ring (bicyclic) bond motifs is 5. The Kier molecular flexibility index (Phi) is 12.6. The first-order valence-electron chi connectivity index (χ1n) is 17.4. The SMILES string of the molecule is CC(C)(C)C1=CC[C-]=C1.CC1=CC(C)(C)c2cc3[cH-]c4cc5c(cc4c3cc21)C(C)=CC5(C)C.Fc1ccc([C](=[Zr+2])c2ccc(F)cc2)cc1.[Cl-].[Cl-]. The van der Waals surface area contributed by atoms with Crippen LogP contribution in [0.5, 0.6) is 0 Å². The molecule has 0 unspecified atom stereocenters. The van der Waals surface area contributed by atoms with Crippen LogP contribution in [-0.4, -0.2) is 3.21 Å². The number of hydrogen-bond donors (Lipinski definition) is 0. The molecule has 0 aliphatic heterocycles. The monoisotopic (exact) mass is 808 g/mol. The van der Waals surface area contributed by atoms with Crippen LogP contribution >= 0.6 is 0 Å². The van der Waals surface area contributed by atoms with E-state index in [4.69, 9.17) is 0 Å². The fraction of sp³-hybridized carbons (Fsp3) is 0.277. The normalized spacial score (nSPS) is 15.9. The maximum atomic E-state index is 12.8. The van der Waals surface area contributed by atoms with E-state index < -0.39 is 0 Å². The minimum atomic E-state index is -0.244. The second-order valence-electron chi connectivity index (χ2n) is 16.1. The van der Waals surface area contributed by atoms with Gasteiger partial charge in [-0.05, 0) is 36.1 Å². The first-order chi connectivity index (χ1) is 23.4. The summed E-state index contributed by atoms with van der Waals surface area (Å²) in [7, 11) is 0. The van der Waals surface area contributed by atoms with Crippen LogP contribution in [0.4, 0.5) is 8.78 Å². The Balaban J connectivity index is 0.000000193. The van der Waals surface area contributed by atoms with E-state index in [1.54, 1.807) is 24.3 Å². The zero-order chi connectivity index (χ0) is 36.2. The molecular formula is C47H46Cl2F2Zr-2. The third kappa shape index (κ3) is 8.49. The van der Waals surface area contributed by atoms with Crippen molar-refractivity contribution in [2.24, 2.45) is 5.41 Å². The van der Waals surface area contributed by atoms with Gasteiger partial charge >= 0.3 is 108 Å². The molecule has 3 aliphatic carbocycles. The largest absolute Gasteiger partial charge is 1.00 e. The predicted molar refractivity (Wildman–Crippen MR) is 206 cm³/mol. The third-order valence-corrected chi connectivity index (χ3v) is 11.6. The number of rotatable bonds is 2. The number of allylic oxidation sites excluding steroid dienone is 8. The summed E-state index contributed by atoms with van der Waals surface area (Å²) in [4.78, 5) is 0. The van der Waals surface area contributed by atoms with Gasteiger partial charge in [-0.15, -0.1) is 46.2 Å². The summed E-state index contributed by atoms with van der Waals surface area (Å²) in [6.45, 7) is 20.5. The van der Waals surface area contributed by atoms with Gasteiger partial charge in [-0.25, -0.2) is 6.08 Å². The van der Waals surface area contributed by atoms with Gasteiger partial charge in [-0.1, -0.05) is 89.3 Å². The molecular weight excluding hydrogens is 765 g/mol. The Morgan fingerprint density at radius 3 is 1.42 bits per heavy atom. The van der Waals surface area contributed by atoms with Crippen LogP contribution in [-0.2, 0) is 35.1 Å². The van der Waals surface area contributed by atoms with Crippen molar-refractivity contribution < 1.29 is 57.8 Å². The molecule has 5 heteroatoms. The predicted octanol–water partition coefficient (Wildman–Crippen LogP) is 6.91. The average Bonchev–Trinajstić information content (AvgIpc) is 3.81. The van der Waals surface area contributed by atoms with Crippen molar-refractivity contribution in [1.29, 1.82) is 0 Å². The van der Waals surface area contributed by atoms with Gasteiger partial charge < -0.3 is 24.8 Å². The summed E-state index contributed by atoms with van der Waals surface area (Å²) >= 11 is 1.22. The molecule has 0 nitrogen and oxygen atoms in total. The summed E-state index contributed by atoms with van der Waals surface area (Å²) < 4.78 is 26.6. The Morgan fingerprint density at radius 2 is 1.10 bits per heavy atom. The Hall–Kier alpha value is -3.10.